The summed E-state index contributed by atoms with van der Waals surface area (Å²) < 4.78 is 5.59. The number of fused-ring (bicyclic) bond motifs is 1. The SMILES string of the molecule is Cc1cccc2cc(C(=O)NC(C)(C)C)oc12. The number of amides is 1. The van der Waals surface area contributed by atoms with Crippen molar-refractivity contribution in [1.82, 2.24) is 5.32 Å². The number of carbonyl (C=O) groups excluding carboxylic acids is 1. The zero-order chi connectivity index (χ0) is 12.6. The summed E-state index contributed by atoms with van der Waals surface area (Å²) in [5, 5.41) is 3.85. The second-order valence-electron chi connectivity index (χ2n) is 5.31. The molecule has 0 aliphatic rings. The monoisotopic (exact) mass is 231 g/mol. The molecule has 2 aromatic rings. The van der Waals surface area contributed by atoms with Crippen LogP contribution < -0.4 is 5.32 Å². The summed E-state index contributed by atoms with van der Waals surface area (Å²) in [6.07, 6.45) is 0. The van der Waals surface area contributed by atoms with E-state index in [-0.39, 0.29) is 11.4 Å². The second kappa shape index (κ2) is 3.91. The highest BCUT2D eigenvalue weighted by atomic mass is 16.3. The van der Waals surface area contributed by atoms with Crippen molar-refractivity contribution in [2.45, 2.75) is 33.2 Å². The van der Waals surface area contributed by atoms with Crippen LogP contribution in [0.2, 0.25) is 0 Å². The minimum atomic E-state index is -0.259. The maximum absolute atomic E-state index is 11.9. The number of benzene rings is 1. The van der Waals surface area contributed by atoms with Gasteiger partial charge in [0.15, 0.2) is 5.76 Å². The third-order valence-electron chi connectivity index (χ3n) is 2.45. The van der Waals surface area contributed by atoms with Gasteiger partial charge in [-0.15, -0.1) is 0 Å². The Kier molecular flexibility index (Phi) is 2.69. The lowest BCUT2D eigenvalue weighted by molar-refractivity contribution is 0.0893. The predicted octanol–water partition coefficient (Wildman–Crippen LogP) is 3.27. The molecule has 1 amide bonds. The summed E-state index contributed by atoms with van der Waals surface area (Å²) >= 11 is 0. The largest absolute Gasteiger partial charge is 0.451 e. The van der Waals surface area contributed by atoms with E-state index in [1.807, 2.05) is 45.9 Å². The van der Waals surface area contributed by atoms with Gasteiger partial charge in [-0.3, -0.25) is 4.79 Å². The molecular formula is C14H17NO2. The Morgan fingerprint density at radius 2 is 2.00 bits per heavy atom. The maximum atomic E-state index is 11.9. The van der Waals surface area contributed by atoms with Crippen molar-refractivity contribution in [2.75, 3.05) is 0 Å². The molecule has 0 saturated carbocycles. The average Bonchev–Trinajstić information content (AvgIpc) is 2.60. The van der Waals surface area contributed by atoms with Crippen LogP contribution in [0.5, 0.6) is 0 Å². The Balaban J connectivity index is 2.37. The predicted molar refractivity (Wildman–Crippen MR) is 68.2 cm³/mol. The smallest absolute Gasteiger partial charge is 0.287 e. The average molecular weight is 231 g/mol. The van der Waals surface area contributed by atoms with E-state index in [0.717, 1.165) is 16.5 Å². The lowest BCUT2D eigenvalue weighted by Crippen LogP contribution is -2.40. The van der Waals surface area contributed by atoms with E-state index in [1.165, 1.54) is 0 Å². The van der Waals surface area contributed by atoms with E-state index in [9.17, 15) is 4.79 Å². The standard InChI is InChI=1S/C14H17NO2/c1-9-6-5-7-10-8-11(17-12(9)10)13(16)15-14(2,3)4/h5-8H,1-4H3,(H,15,16). The highest BCUT2D eigenvalue weighted by Crippen LogP contribution is 2.22. The molecule has 0 spiro atoms. The number of rotatable bonds is 1. The van der Waals surface area contributed by atoms with Crippen molar-refractivity contribution in [2.24, 2.45) is 0 Å². The van der Waals surface area contributed by atoms with Gasteiger partial charge in [-0.2, -0.15) is 0 Å². The molecule has 0 radical (unpaired) electrons. The van der Waals surface area contributed by atoms with Crippen LogP contribution in [0, 0.1) is 6.92 Å². The van der Waals surface area contributed by atoms with Crippen LogP contribution in [0.3, 0.4) is 0 Å². The van der Waals surface area contributed by atoms with Crippen LogP contribution in [-0.4, -0.2) is 11.4 Å². The van der Waals surface area contributed by atoms with Crippen LogP contribution in [-0.2, 0) is 0 Å². The van der Waals surface area contributed by atoms with Crippen molar-refractivity contribution >= 4 is 16.9 Å². The van der Waals surface area contributed by atoms with Crippen LogP contribution in [0.15, 0.2) is 28.7 Å². The van der Waals surface area contributed by atoms with Crippen molar-refractivity contribution in [1.29, 1.82) is 0 Å². The molecule has 1 N–H and O–H groups in total. The summed E-state index contributed by atoms with van der Waals surface area (Å²) in [6, 6.07) is 7.65. The zero-order valence-corrected chi connectivity index (χ0v) is 10.6. The first-order chi connectivity index (χ1) is 7.87. The molecule has 3 nitrogen and oxygen atoms in total. The van der Waals surface area contributed by atoms with E-state index in [1.54, 1.807) is 6.07 Å². The molecule has 90 valence electrons. The molecule has 0 atom stereocenters. The summed E-state index contributed by atoms with van der Waals surface area (Å²) in [6.45, 7) is 7.80. The number of carbonyl (C=O) groups is 1. The highest BCUT2D eigenvalue weighted by Gasteiger charge is 2.18. The molecule has 1 aromatic carbocycles. The molecular weight excluding hydrogens is 214 g/mol. The second-order valence-corrected chi connectivity index (χ2v) is 5.31. The van der Waals surface area contributed by atoms with E-state index < -0.39 is 0 Å². The number of furan rings is 1. The van der Waals surface area contributed by atoms with Crippen LogP contribution in [0.4, 0.5) is 0 Å². The minimum absolute atomic E-state index is 0.173. The quantitative estimate of drug-likeness (QED) is 0.818. The van der Waals surface area contributed by atoms with Crippen LogP contribution >= 0.6 is 0 Å². The Morgan fingerprint density at radius 1 is 1.29 bits per heavy atom. The van der Waals surface area contributed by atoms with Gasteiger partial charge in [0.05, 0.1) is 0 Å². The number of aryl methyl sites for hydroxylation is 1. The van der Waals surface area contributed by atoms with Crippen LogP contribution in [0.1, 0.15) is 36.9 Å². The number of hydrogen-bond acceptors (Lipinski definition) is 2. The molecule has 0 unspecified atom stereocenters. The molecule has 0 aliphatic carbocycles. The van der Waals surface area contributed by atoms with Crippen molar-refractivity contribution in [3.05, 3.63) is 35.6 Å². The van der Waals surface area contributed by atoms with Crippen molar-refractivity contribution < 1.29 is 9.21 Å². The fourth-order valence-corrected chi connectivity index (χ4v) is 1.72. The lowest BCUT2D eigenvalue weighted by Gasteiger charge is -2.19. The van der Waals surface area contributed by atoms with Crippen molar-refractivity contribution in [3.8, 4) is 0 Å². The summed E-state index contributed by atoms with van der Waals surface area (Å²) in [5.74, 6) is 0.192. The number of hydrogen-bond donors (Lipinski definition) is 1. The van der Waals surface area contributed by atoms with Gasteiger partial charge in [0.1, 0.15) is 5.58 Å². The van der Waals surface area contributed by atoms with Gasteiger partial charge in [-0.25, -0.2) is 0 Å². The van der Waals surface area contributed by atoms with Gasteiger partial charge < -0.3 is 9.73 Å². The summed E-state index contributed by atoms with van der Waals surface area (Å²) in [5.41, 5.74) is 1.56. The maximum Gasteiger partial charge on any atom is 0.287 e. The molecule has 0 bridgehead atoms. The topological polar surface area (TPSA) is 42.2 Å². The highest BCUT2D eigenvalue weighted by molar-refractivity contribution is 5.96. The molecule has 17 heavy (non-hydrogen) atoms. The van der Waals surface area contributed by atoms with Gasteiger partial charge in [0.2, 0.25) is 0 Å². The first-order valence-corrected chi connectivity index (χ1v) is 5.68. The van der Waals surface area contributed by atoms with E-state index in [0.29, 0.717) is 5.76 Å². The van der Waals surface area contributed by atoms with Crippen molar-refractivity contribution in [3.63, 3.8) is 0 Å². The fraction of sp³-hybridized carbons (Fsp3) is 0.357. The van der Waals surface area contributed by atoms with Gasteiger partial charge in [0, 0.05) is 10.9 Å². The number of nitrogens with one attached hydrogen (secondary N) is 1. The molecule has 0 saturated heterocycles. The van der Waals surface area contributed by atoms with E-state index in [4.69, 9.17) is 4.42 Å². The summed E-state index contributed by atoms with van der Waals surface area (Å²) in [4.78, 5) is 11.9. The van der Waals surface area contributed by atoms with Gasteiger partial charge in [-0.1, -0.05) is 18.2 Å². The van der Waals surface area contributed by atoms with E-state index >= 15 is 0 Å². The Hall–Kier alpha value is -1.77. The zero-order valence-electron chi connectivity index (χ0n) is 10.6. The molecule has 1 aromatic heterocycles. The third-order valence-corrected chi connectivity index (χ3v) is 2.45. The Morgan fingerprint density at radius 3 is 2.59 bits per heavy atom. The fourth-order valence-electron chi connectivity index (χ4n) is 1.72. The first kappa shape index (κ1) is 11.7. The van der Waals surface area contributed by atoms with E-state index in [2.05, 4.69) is 5.32 Å². The minimum Gasteiger partial charge on any atom is -0.451 e. The third kappa shape index (κ3) is 2.49. The normalized spacial score (nSPS) is 11.8. The number of para-hydroxylation sites is 1. The van der Waals surface area contributed by atoms with Gasteiger partial charge in [0.25, 0.3) is 5.91 Å². The van der Waals surface area contributed by atoms with Gasteiger partial charge >= 0.3 is 0 Å². The summed E-state index contributed by atoms with van der Waals surface area (Å²) in [7, 11) is 0. The van der Waals surface area contributed by atoms with Gasteiger partial charge in [-0.05, 0) is 39.3 Å². The molecule has 1 heterocycles. The molecule has 0 aliphatic heterocycles. The molecule has 2 rings (SSSR count). The van der Waals surface area contributed by atoms with Crippen LogP contribution in [0.25, 0.3) is 11.0 Å². The Bertz CT molecular complexity index is 561. The molecule has 3 heteroatoms. The lowest BCUT2D eigenvalue weighted by atomic mass is 10.1. The first-order valence-electron chi connectivity index (χ1n) is 5.68. The Labute approximate surface area is 101 Å². The molecule has 0 fully saturated rings.